The van der Waals surface area contributed by atoms with Crippen LogP contribution in [0.3, 0.4) is 0 Å². The average Bonchev–Trinajstić information content (AvgIpc) is 2.79. The monoisotopic (exact) mass is 538 g/mol. The molecule has 0 aromatic heterocycles. The number of rotatable bonds is 13. The first kappa shape index (κ1) is 30.3. The Morgan fingerprint density at radius 3 is 2.00 bits per heavy atom. The van der Waals surface area contributed by atoms with E-state index in [9.17, 15) is 8.42 Å². The molecule has 0 radical (unpaired) electrons. The lowest BCUT2D eigenvalue weighted by Gasteiger charge is -2.41. The summed E-state index contributed by atoms with van der Waals surface area (Å²) in [7, 11) is -2.80. The molecule has 9 heteroatoms. The van der Waals surface area contributed by atoms with Gasteiger partial charge in [0.25, 0.3) is 10.1 Å². The molecule has 202 valence electrons. The van der Waals surface area contributed by atoms with Crippen molar-refractivity contribution < 1.29 is 31.2 Å². The van der Waals surface area contributed by atoms with Gasteiger partial charge in [-0.05, 0) is 54.7 Å². The molecule has 2 aromatic rings. The van der Waals surface area contributed by atoms with Crippen LogP contribution >= 0.6 is 0 Å². The van der Waals surface area contributed by atoms with Crippen LogP contribution in [0.4, 0.5) is 0 Å². The normalized spacial score (nSPS) is 14.4. The lowest BCUT2D eigenvalue weighted by Crippen LogP contribution is -2.45. The minimum atomic E-state index is -3.69. The fourth-order valence-corrected chi connectivity index (χ4v) is 5.17. The number of benzene rings is 2. The summed E-state index contributed by atoms with van der Waals surface area (Å²) in [5.41, 5.74) is 2.77. The average molecular weight is 539 g/mol. The van der Waals surface area contributed by atoms with Crippen molar-refractivity contribution in [1.29, 1.82) is 0 Å². The Hall–Kier alpha value is -1.91. The van der Waals surface area contributed by atoms with Crippen LogP contribution in [-0.4, -0.2) is 56.5 Å². The van der Waals surface area contributed by atoms with Crippen LogP contribution in [0.15, 0.2) is 42.5 Å². The predicted molar refractivity (Wildman–Crippen MR) is 146 cm³/mol. The van der Waals surface area contributed by atoms with Gasteiger partial charge in [0, 0.05) is 5.56 Å². The van der Waals surface area contributed by atoms with Crippen LogP contribution in [0.1, 0.15) is 43.6 Å². The highest BCUT2D eigenvalue weighted by Crippen LogP contribution is 2.43. The molecular weight excluding hydrogens is 496 g/mol. The molecular formula is C27H42O7SSi. The van der Waals surface area contributed by atoms with Gasteiger partial charge in [0.05, 0.1) is 39.8 Å². The fourth-order valence-electron chi connectivity index (χ4n) is 3.51. The molecule has 0 saturated heterocycles. The Kier molecular flexibility index (Phi) is 10.6. The Morgan fingerprint density at radius 2 is 1.53 bits per heavy atom. The molecule has 0 heterocycles. The second kappa shape index (κ2) is 12.6. The van der Waals surface area contributed by atoms with Crippen molar-refractivity contribution in [3.8, 4) is 11.5 Å². The van der Waals surface area contributed by atoms with Gasteiger partial charge in [-0.1, -0.05) is 51.1 Å². The van der Waals surface area contributed by atoms with E-state index in [1.165, 1.54) is 0 Å². The van der Waals surface area contributed by atoms with Crippen molar-refractivity contribution in [2.75, 3.05) is 33.7 Å². The molecule has 0 N–H and O–H groups in total. The molecule has 0 saturated carbocycles. The summed E-state index contributed by atoms with van der Waals surface area (Å²) in [6.45, 7) is 12.9. The van der Waals surface area contributed by atoms with E-state index in [4.69, 9.17) is 22.8 Å². The van der Waals surface area contributed by atoms with Gasteiger partial charge in [-0.15, -0.1) is 0 Å². The van der Waals surface area contributed by atoms with Gasteiger partial charge in [-0.3, -0.25) is 4.18 Å². The summed E-state index contributed by atoms with van der Waals surface area (Å²) in [5, 5.41) is -0.0869. The highest BCUT2D eigenvalue weighted by molar-refractivity contribution is 7.85. The van der Waals surface area contributed by atoms with Gasteiger partial charge in [-0.2, -0.15) is 8.42 Å². The highest BCUT2D eigenvalue weighted by atomic mass is 32.2. The molecule has 2 atom stereocenters. The fraction of sp³-hybridized carbons (Fsp3) is 0.556. The third kappa shape index (κ3) is 8.59. The maximum atomic E-state index is 11.9. The van der Waals surface area contributed by atoms with Gasteiger partial charge in [-0.25, -0.2) is 0 Å². The number of methoxy groups -OCH3 is 2. The van der Waals surface area contributed by atoms with Gasteiger partial charge < -0.3 is 18.6 Å². The standard InChI is InChI=1S/C27H42O7SSi/c1-20-23(30-5)17-22(18-24(20)31-6)26(34-36(8,9)27(2,3)4)25(19-33-35(7,28)29)32-16-15-21-13-11-10-12-14-21/h10-14,17-18,25-26H,15-16,19H2,1-9H3. The topological polar surface area (TPSA) is 80.3 Å². The Bertz CT molecular complexity index is 1050. The number of hydrogen-bond donors (Lipinski definition) is 0. The van der Waals surface area contributed by atoms with Gasteiger partial charge in [0.1, 0.15) is 17.6 Å². The minimum Gasteiger partial charge on any atom is -0.496 e. The molecule has 0 aliphatic heterocycles. The van der Waals surface area contributed by atoms with Crippen LogP contribution < -0.4 is 9.47 Å². The van der Waals surface area contributed by atoms with Crippen molar-refractivity contribution in [3.05, 3.63) is 59.2 Å². The van der Waals surface area contributed by atoms with E-state index >= 15 is 0 Å². The third-order valence-corrected chi connectivity index (χ3v) is 11.7. The summed E-state index contributed by atoms with van der Waals surface area (Å²) in [4.78, 5) is 0. The van der Waals surface area contributed by atoms with Crippen LogP contribution in [0.5, 0.6) is 11.5 Å². The molecule has 0 aliphatic carbocycles. The smallest absolute Gasteiger partial charge is 0.264 e. The van der Waals surface area contributed by atoms with E-state index in [1.807, 2.05) is 49.4 Å². The highest BCUT2D eigenvalue weighted by Gasteiger charge is 2.42. The van der Waals surface area contributed by atoms with Crippen molar-refractivity contribution in [1.82, 2.24) is 0 Å². The number of ether oxygens (including phenoxy) is 3. The SMILES string of the molecule is COc1cc(C(O[Si](C)(C)C(C)(C)C)C(COS(C)(=O)=O)OCCc2ccccc2)cc(OC)c1C. The first-order valence-corrected chi connectivity index (χ1v) is 16.8. The summed E-state index contributed by atoms with van der Waals surface area (Å²) in [6.07, 6.45) is 0.417. The first-order chi connectivity index (χ1) is 16.7. The summed E-state index contributed by atoms with van der Waals surface area (Å²) >= 11 is 0. The van der Waals surface area contributed by atoms with E-state index in [2.05, 4.69) is 33.9 Å². The molecule has 2 aromatic carbocycles. The largest absolute Gasteiger partial charge is 0.496 e. The zero-order chi connectivity index (χ0) is 27.1. The number of hydrogen-bond acceptors (Lipinski definition) is 7. The third-order valence-electron chi connectivity index (χ3n) is 6.68. The maximum absolute atomic E-state index is 11.9. The van der Waals surface area contributed by atoms with Crippen LogP contribution in [-0.2, 0) is 29.9 Å². The van der Waals surface area contributed by atoms with Crippen molar-refractivity contribution >= 4 is 18.4 Å². The van der Waals surface area contributed by atoms with Gasteiger partial charge in [0.2, 0.25) is 0 Å². The van der Waals surface area contributed by atoms with Crippen molar-refractivity contribution in [3.63, 3.8) is 0 Å². The molecule has 0 fully saturated rings. The van der Waals surface area contributed by atoms with Crippen LogP contribution in [0.2, 0.25) is 18.1 Å². The van der Waals surface area contributed by atoms with E-state index in [0.29, 0.717) is 24.5 Å². The molecule has 0 amide bonds. The zero-order valence-corrected chi connectivity index (χ0v) is 24.9. The van der Waals surface area contributed by atoms with Gasteiger partial charge in [0.15, 0.2) is 8.32 Å². The maximum Gasteiger partial charge on any atom is 0.264 e. The van der Waals surface area contributed by atoms with Gasteiger partial charge >= 0.3 is 0 Å². The molecule has 0 aliphatic rings. The molecule has 0 spiro atoms. The molecule has 2 rings (SSSR count). The van der Waals surface area contributed by atoms with Crippen LogP contribution in [0.25, 0.3) is 0 Å². The molecule has 36 heavy (non-hydrogen) atoms. The lowest BCUT2D eigenvalue weighted by molar-refractivity contribution is -0.0522. The zero-order valence-electron chi connectivity index (χ0n) is 23.1. The second-order valence-electron chi connectivity index (χ2n) is 10.5. The summed E-state index contributed by atoms with van der Waals surface area (Å²) in [6, 6.07) is 13.8. The summed E-state index contributed by atoms with van der Waals surface area (Å²) in [5.74, 6) is 1.31. The lowest BCUT2D eigenvalue weighted by atomic mass is 10.0. The molecule has 7 nitrogen and oxygen atoms in total. The second-order valence-corrected chi connectivity index (χ2v) is 16.9. The van der Waals surface area contributed by atoms with E-state index in [-0.39, 0.29) is 11.6 Å². The Balaban J connectivity index is 2.52. The quantitative estimate of drug-likeness (QED) is 0.240. The first-order valence-electron chi connectivity index (χ1n) is 12.1. The Labute approximate surface area is 218 Å². The van der Waals surface area contributed by atoms with Crippen molar-refractivity contribution in [2.24, 2.45) is 0 Å². The molecule has 0 bridgehead atoms. The van der Waals surface area contributed by atoms with E-state index < -0.39 is 30.6 Å². The van der Waals surface area contributed by atoms with E-state index in [1.54, 1.807) is 14.2 Å². The van der Waals surface area contributed by atoms with Crippen LogP contribution in [0, 0.1) is 6.92 Å². The van der Waals surface area contributed by atoms with Crippen molar-refractivity contribution in [2.45, 2.75) is 64.5 Å². The Morgan fingerprint density at radius 1 is 0.972 bits per heavy atom. The minimum absolute atomic E-state index is 0.0869. The predicted octanol–water partition coefficient (Wildman–Crippen LogP) is 5.68. The van der Waals surface area contributed by atoms with E-state index in [0.717, 1.165) is 22.9 Å². The molecule has 2 unspecified atom stereocenters. The summed E-state index contributed by atoms with van der Waals surface area (Å²) < 4.78 is 53.6.